The molecule has 0 spiro atoms. The van der Waals surface area contributed by atoms with E-state index < -0.39 is 22.0 Å². The third-order valence-corrected chi connectivity index (χ3v) is 4.92. The summed E-state index contributed by atoms with van der Waals surface area (Å²) in [5.41, 5.74) is 2.02. The average Bonchev–Trinajstić information content (AvgIpc) is 2.89. The summed E-state index contributed by atoms with van der Waals surface area (Å²) in [6.07, 6.45) is 1.15. The molecule has 1 amide bonds. The molecule has 1 aliphatic rings. The Hall–Kier alpha value is -1.44. The Labute approximate surface area is 106 Å². The van der Waals surface area contributed by atoms with Gasteiger partial charge >= 0.3 is 0 Å². The number of amides is 1. The van der Waals surface area contributed by atoms with Crippen molar-refractivity contribution in [1.29, 1.82) is 0 Å². The summed E-state index contributed by atoms with van der Waals surface area (Å²) < 4.78 is 26.0. The van der Waals surface area contributed by atoms with Crippen LogP contribution in [0, 0.1) is 0 Å². The van der Waals surface area contributed by atoms with Crippen LogP contribution in [0.3, 0.4) is 0 Å². The van der Waals surface area contributed by atoms with Gasteiger partial charge in [0.25, 0.3) is 5.91 Å². The molecule has 6 nitrogen and oxygen atoms in total. The van der Waals surface area contributed by atoms with Gasteiger partial charge in [-0.15, -0.1) is 0 Å². The summed E-state index contributed by atoms with van der Waals surface area (Å²) in [5, 5.41) is 0. The maximum atomic E-state index is 12.4. The number of carbonyl (C=O) groups excluding carboxylic acids is 1. The number of hydrogen-bond donors (Lipinski definition) is 2. The van der Waals surface area contributed by atoms with Crippen molar-refractivity contribution < 1.29 is 13.2 Å². The molecular weight excluding hydrogens is 254 g/mol. The molecular formula is C11H15N3O3S. The van der Waals surface area contributed by atoms with Crippen LogP contribution in [0.2, 0.25) is 0 Å². The number of nitrogens with one attached hydrogen (secondary N) is 1. The van der Waals surface area contributed by atoms with Crippen molar-refractivity contribution in [2.24, 2.45) is 5.84 Å². The first-order valence-corrected chi connectivity index (χ1v) is 7.08. The molecule has 0 aromatic heterocycles. The van der Waals surface area contributed by atoms with Gasteiger partial charge < -0.3 is 0 Å². The van der Waals surface area contributed by atoms with Crippen molar-refractivity contribution in [1.82, 2.24) is 9.73 Å². The topological polar surface area (TPSA) is 92.5 Å². The van der Waals surface area contributed by atoms with Gasteiger partial charge in [0, 0.05) is 6.54 Å². The van der Waals surface area contributed by atoms with Crippen molar-refractivity contribution in [2.75, 3.05) is 6.54 Å². The minimum atomic E-state index is -3.63. The Morgan fingerprint density at radius 1 is 1.33 bits per heavy atom. The van der Waals surface area contributed by atoms with Gasteiger partial charge in [-0.3, -0.25) is 10.2 Å². The number of nitrogens with two attached hydrogens (primary N) is 1. The van der Waals surface area contributed by atoms with E-state index >= 15 is 0 Å². The summed E-state index contributed by atoms with van der Waals surface area (Å²) in [5.74, 6) is 4.61. The average molecular weight is 269 g/mol. The Morgan fingerprint density at radius 3 is 2.61 bits per heavy atom. The molecule has 1 aliphatic heterocycles. The van der Waals surface area contributed by atoms with Crippen LogP contribution in [0.5, 0.6) is 0 Å². The van der Waals surface area contributed by atoms with Crippen LogP contribution in [0.25, 0.3) is 0 Å². The van der Waals surface area contributed by atoms with Gasteiger partial charge in [-0.25, -0.2) is 14.3 Å². The highest BCUT2D eigenvalue weighted by Crippen LogP contribution is 2.25. The Kier molecular flexibility index (Phi) is 3.65. The smallest absolute Gasteiger partial charge is 0.252 e. The van der Waals surface area contributed by atoms with Crippen molar-refractivity contribution in [3.05, 3.63) is 30.3 Å². The third kappa shape index (κ3) is 2.24. The lowest BCUT2D eigenvalue weighted by atomic mass is 10.2. The fourth-order valence-electron chi connectivity index (χ4n) is 2.11. The highest BCUT2D eigenvalue weighted by Gasteiger charge is 2.38. The first-order chi connectivity index (χ1) is 8.57. The van der Waals surface area contributed by atoms with Crippen LogP contribution >= 0.6 is 0 Å². The molecule has 2 rings (SSSR count). The number of hydrogen-bond acceptors (Lipinski definition) is 4. The second-order valence-corrected chi connectivity index (χ2v) is 5.99. The van der Waals surface area contributed by atoms with E-state index in [1.807, 2.05) is 5.43 Å². The molecule has 3 N–H and O–H groups in total. The fourth-order valence-corrected chi connectivity index (χ4v) is 3.79. The van der Waals surface area contributed by atoms with Crippen molar-refractivity contribution in [3.63, 3.8) is 0 Å². The third-order valence-electron chi connectivity index (χ3n) is 3.00. The first kappa shape index (κ1) is 13.0. The second kappa shape index (κ2) is 5.05. The first-order valence-electron chi connectivity index (χ1n) is 5.64. The molecule has 18 heavy (non-hydrogen) atoms. The molecule has 0 radical (unpaired) electrons. The predicted octanol–water partition coefficient (Wildman–Crippen LogP) is -0.170. The van der Waals surface area contributed by atoms with Gasteiger partial charge in [0.05, 0.1) is 4.90 Å². The predicted molar refractivity (Wildman–Crippen MR) is 65.7 cm³/mol. The Morgan fingerprint density at radius 2 is 2.00 bits per heavy atom. The van der Waals surface area contributed by atoms with Gasteiger partial charge in [0.15, 0.2) is 0 Å². The highest BCUT2D eigenvalue weighted by molar-refractivity contribution is 7.89. The zero-order valence-electron chi connectivity index (χ0n) is 9.74. The van der Waals surface area contributed by atoms with Crippen molar-refractivity contribution in [2.45, 2.75) is 23.8 Å². The monoisotopic (exact) mass is 269 g/mol. The van der Waals surface area contributed by atoms with Gasteiger partial charge in [0.2, 0.25) is 10.0 Å². The van der Waals surface area contributed by atoms with Gasteiger partial charge in [-0.05, 0) is 25.0 Å². The molecule has 1 aromatic rings. The molecule has 98 valence electrons. The maximum absolute atomic E-state index is 12.4. The number of rotatable bonds is 3. The standard InChI is InChI=1S/C11H15N3O3S/c12-13-11(15)10-7-4-8-14(10)18(16,17)9-5-2-1-3-6-9/h1-3,5-6,10H,4,7-8,12H2,(H,13,15)/t10-/m0/s1. The summed E-state index contributed by atoms with van der Waals surface area (Å²) in [6.45, 7) is 0.343. The molecule has 0 bridgehead atoms. The Balaban J connectivity index is 2.33. The molecule has 1 saturated heterocycles. The number of sulfonamides is 1. The number of carbonyl (C=O) groups is 1. The maximum Gasteiger partial charge on any atom is 0.252 e. The van der Waals surface area contributed by atoms with E-state index in [1.54, 1.807) is 18.2 Å². The van der Waals surface area contributed by atoms with E-state index in [-0.39, 0.29) is 4.90 Å². The van der Waals surface area contributed by atoms with Crippen LogP contribution in [0.15, 0.2) is 35.2 Å². The zero-order valence-corrected chi connectivity index (χ0v) is 10.6. The molecule has 1 aromatic carbocycles. The van der Waals surface area contributed by atoms with Crippen LogP contribution in [0.4, 0.5) is 0 Å². The minimum absolute atomic E-state index is 0.196. The lowest BCUT2D eigenvalue weighted by Gasteiger charge is -2.22. The number of hydrazine groups is 1. The summed E-state index contributed by atoms with van der Waals surface area (Å²) in [4.78, 5) is 11.8. The molecule has 1 heterocycles. The van der Waals surface area contributed by atoms with Gasteiger partial charge in [-0.2, -0.15) is 4.31 Å². The number of nitrogens with zero attached hydrogens (tertiary/aromatic N) is 1. The van der Waals surface area contributed by atoms with Gasteiger partial charge in [-0.1, -0.05) is 18.2 Å². The van der Waals surface area contributed by atoms with E-state index in [9.17, 15) is 13.2 Å². The SMILES string of the molecule is NNC(=O)[C@@H]1CCCN1S(=O)(=O)c1ccccc1. The zero-order chi connectivity index (χ0) is 13.2. The number of benzene rings is 1. The van der Waals surface area contributed by atoms with Crippen LogP contribution in [0.1, 0.15) is 12.8 Å². The van der Waals surface area contributed by atoms with E-state index in [0.717, 1.165) is 0 Å². The van der Waals surface area contributed by atoms with E-state index in [1.165, 1.54) is 16.4 Å². The normalized spacial score (nSPS) is 20.8. The van der Waals surface area contributed by atoms with E-state index in [4.69, 9.17) is 5.84 Å². The quantitative estimate of drug-likeness (QED) is 0.452. The molecule has 0 saturated carbocycles. The minimum Gasteiger partial charge on any atom is -0.293 e. The lowest BCUT2D eigenvalue weighted by molar-refractivity contribution is -0.124. The van der Waals surface area contributed by atoms with Crippen LogP contribution < -0.4 is 11.3 Å². The fraction of sp³-hybridized carbons (Fsp3) is 0.364. The van der Waals surface area contributed by atoms with Gasteiger partial charge in [0.1, 0.15) is 6.04 Å². The lowest BCUT2D eigenvalue weighted by Crippen LogP contribution is -2.47. The highest BCUT2D eigenvalue weighted by atomic mass is 32.2. The second-order valence-electron chi connectivity index (χ2n) is 4.10. The summed E-state index contributed by atoms with van der Waals surface area (Å²) in [7, 11) is -3.63. The van der Waals surface area contributed by atoms with Crippen molar-refractivity contribution >= 4 is 15.9 Å². The van der Waals surface area contributed by atoms with E-state index in [0.29, 0.717) is 19.4 Å². The summed E-state index contributed by atoms with van der Waals surface area (Å²) in [6, 6.07) is 7.38. The molecule has 0 unspecified atom stereocenters. The van der Waals surface area contributed by atoms with Crippen LogP contribution in [-0.2, 0) is 14.8 Å². The summed E-state index contributed by atoms with van der Waals surface area (Å²) >= 11 is 0. The largest absolute Gasteiger partial charge is 0.293 e. The Bertz CT molecular complexity index is 530. The molecule has 1 fully saturated rings. The molecule has 7 heteroatoms. The van der Waals surface area contributed by atoms with Crippen LogP contribution in [-0.4, -0.2) is 31.2 Å². The van der Waals surface area contributed by atoms with E-state index in [2.05, 4.69) is 0 Å². The van der Waals surface area contributed by atoms with Crippen molar-refractivity contribution in [3.8, 4) is 0 Å². The molecule has 0 aliphatic carbocycles. The molecule has 1 atom stereocenters.